The van der Waals surface area contributed by atoms with Crippen molar-refractivity contribution in [2.24, 2.45) is 35.5 Å². The van der Waals surface area contributed by atoms with Gasteiger partial charge in [0.05, 0.1) is 0 Å². The molecule has 0 N–H and O–H groups in total. The van der Waals surface area contributed by atoms with Gasteiger partial charge < -0.3 is 14.7 Å². The summed E-state index contributed by atoms with van der Waals surface area (Å²) in [5.41, 5.74) is 10.9. The van der Waals surface area contributed by atoms with Gasteiger partial charge in [-0.1, -0.05) is 107 Å². The number of anilines is 3. The molecule has 0 spiro atoms. The normalized spacial score (nSPS) is 49.4. The molecule has 6 heteroatoms. The van der Waals surface area contributed by atoms with Crippen LogP contribution >= 0.6 is 0 Å². The molecule has 0 aliphatic carbocycles. The SMILES string of the molecule is C[C@@H]1C[C@H](C)[C@H](C)B2C[C@@H]3[C@H](C)c4c(c5c(c6c4N4C[C@H]7B([C@@H](C)[C@@H](C)C[C@H]7C)[C@H](C)[C@@H]4C6)N4C[C@H]6B([C@@H](C)[C@@H](C)C[C@H]6C)[C@H](C)[C@@H]4C5)N3CC21. The van der Waals surface area contributed by atoms with E-state index in [-0.39, 0.29) is 0 Å². The summed E-state index contributed by atoms with van der Waals surface area (Å²) in [5.74, 6) is 12.5. The lowest BCUT2D eigenvalue weighted by Gasteiger charge is -2.54. The molecule has 1 aromatic rings. The van der Waals surface area contributed by atoms with Crippen LogP contribution in [0.1, 0.15) is 125 Å². The van der Waals surface area contributed by atoms with Crippen LogP contribution in [0.3, 0.4) is 0 Å². The summed E-state index contributed by atoms with van der Waals surface area (Å²) in [6.45, 7) is 38.3. The molecule has 9 aliphatic heterocycles. The quantitative estimate of drug-likeness (QED) is 0.252. The first kappa shape index (κ1) is 34.3. The Morgan fingerprint density at radius 1 is 0.431 bits per heavy atom. The highest BCUT2D eigenvalue weighted by atomic mass is 15.3. The number of hydrogen-bond acceptors (Lipinski definition) is 3. The van der Waals surface area contributed by atoms with E-state index in [1.807, 2.05) is 16.7 Å². The van der Waals surface area contributed by atoms with Gasteiger partial charge in [0, 0.05) is 77.4 Å². The molecule has 276 valence electrons. The number of hydrogen-bond donors (Lipinski definition) is 0. The third-order valence-electron chi connectivity index (χ3n) is 20.3. The van der Waals surface area contributed by atoms with Crippen LogP contribution in [0.15, 0.2) is 0 Å². The van der Waals surface area contributed by atoms with Gasteiger partial charge in [0.15, 0.2) is 20.1 Å². The standard InChI is InChI=1S/C45H72B3N3/c1-22-13-25(4)36-19-51-41(18-46(36)29(22)8)28(7)42-44-34(17-40-33(12)48-31(10)24(3)15-27(6)38(48)21-50(40)44)43-35(45(42)51)16-39-32(11)47-30(9)23(2)14-26(5)37(47)20-49(39)43/h22-33,36-41H,13-21H2,1-12H3/t22-,23-,24-,25+,26+,27+,28-,29-,30-,31-,32+,33+,36?,37+,38+,39-,40-,41+/m0/s1. The van der Waals surface area contributed by atoms with Gasteiger partial charge in [-0.2, -0.15) is 0 Å². The van der Waals surface area contributed by atoms with Gasteiger partial charge in [0.1, 0.15) is 0 Å². The molecule has 0 radical (unpaired) electrons. The van der Waals surface area contributed by atoms with E-state index in [1.54, 1.807) is 17.1 Å². The van der Waals surface area contributed by atoms with Gasteiger partial charge in [-0.15, -0.1) is 0 Å². The lowest BCUT2D eigenvalue weighted by molar-refractivity contribution is 0.321. The summed E-state index contributed by atoms with van der Waals surface area (Å²) in [7, 11) is 0. The summed E-state index contributed by atoms with van der Waals surface area (Å²) < 4.78 is 0. The molecular weight excluding hydrogens is 615 g/mol. The molecule has 9 aliphatic rings. The Bertz CT molecular complexity index is 1580. The predicted octanol–water partition coefficient (Wildman–Crippen LogP) is 11.1. The molecule has 0 aromatic heterocycles. The van der Waals surface area contributed by atoms with Crippen molar-refractivity contribution in [2.45, 2.75) is 192 Å². The monoisotopic (exact) mass is 688 g/mol. The van der Waals surface area contributed by atoms with Gasteiger partial charge in [-0.25, -0.2) is 0 Å². The first-order valence-corrected chi connectivity index (χ1v) is 22.8. The number of fused-ring (bicyclic) bond motifs is 15. The van der Waals surface area contributed by atoms with Crippen molar-refractivity contribution in [3.05, 3.63) is 16.7 Å². The molecule has 3 nitrogen and oxygen atoms in total. The lowest BCUT2D eigenvalue weighted by atomic mass is 9.21. The third-order valence-corrected chi connectivity index (χ3v) is 20.3. The molecule has 18 atom stereocenters. The highest BCUT2D eigenvalue weighted by Gasteiger charge is 2.60. The topological polar surface area (TPSA) is 9.72 Å². The highest BCUT2D eigenvalue weighted by Crippen LogP contribution is 2.66. The van der Waals surface area contributed by atoms with Crippen LogP contribution in [-0.2, 0) is 12.8 Å². The van der Waals surface area contributed by atoms with Crippen molar-refractivity contribution < 1.29 is 0 Å². The summed E-state index contributed by atoms with van der Waals surface area (Å²) in [6.07, 6.45) is 8.35. The van der Waals surface area contributed by atoms with E-state index in [1.165, 1.54) is 58.1 Å². The highest BCUT2D eigenvalue weighted by molar-refractivity contribution is 6.65. The molecule has 6 fully saturated rings. The van der Waals surface area contributed by atoms with Crippen LogP contribution in [-0.4, -0.2) is 57.9 Å². The molecule has 0 amide bonds. The molecule has 51 heavy (non-hydrogen) atoms. The van der Waals surface area contributed by atoms with Crippen molar-refractivity contribution >= 4 is 37.2 Å². The van der Waals surface area contributed by atoms with E-state index in [0.29, 0.717) is 24.0 Å². The Morgan fingerprint density at radius 2 is 0.843 bits per heavy atom. The Balaban J connectivity index is 1.13. The van der Waals surface area contributed by atoms with Crippen LogP contribution in [0.2, 0.25) is 52.9 Å². The Labute approximate surface area is 314 Å². The van der Waals surface area contributed by atoms with Crippen LogP contribution in [0, 0.1) is 35.5 Å². The van der Waals surface area contributed by atoms with Crippen molar-refractivity contribution in [1.82, 2.24) is 0 Å². The van der Waals surface area contributed by atoms with Gasteiger partial charge in [-0.05, 0) is 96.7 Å². The predicted molar refractivity (Wildman–Crippen MR) is 225 cm³/mol. The van der Waals surface area contributed by atoms with E-state index in [0.717, 1.165) is 102 Å². The Morgan fingerprint density at radius 3 is 1.35 bits per heavy atom. The Hall–Kier alpha value is -1.19. The lowest BCUT2D eigenvalue weighted by Crippen LogP contribution is -2.56. The second kappa shape index (κ2) is 11.7. The van der Waals surface area contributed by atoms with Crippen LogP contribution < -0.4 is 14.7 Å². The average Bonchev–Trinajstić information content (AvgIpc) is 3.74. The fraction of sp³-hybridized carbons (Fsp3) is 0.867. The maximum atomic E-state index is 3.13. The maximum Gasteiger partial charge on any atom is 0.154 e. The fourth-order valence-corrected chi connectivity index (χ4v) is 17.2. The minimum atomic E-state index is 0.646. The molecule has 10 rings (SSSR count). The number of nitrogens with zero attached hydrogens (tertiary/aromatic N) is 3. The first-order chi connectivity index (χ1) is 24.3. The smallest absolute Gasteiger partial charge is 0.154 e. The fourth-order valence-electron chi connectivity index (χ4n) is 17.2. The van der Waals surface area contributed by atoms with Crippen molar-refractivity contribution in [3.8, 4) is 0 Å². The number of rotatable bonds is 0. The van der Waals surface area contributed by atoms with Gasteiger partial charge in [-0.3, -0.25) is 0 Å². The summed E-state index contributed by atoms with van der Waals surface area (Å²) in [6, 6.07) is 2.07. The molecule has 1 unspecified atom stereocenters. The molecule has 0 bridgehead atoms. The number of benzene rings is 1. The van der Waals surface area contributed by atoms with Crippen LogP contribution in [0.5, 0.6) is 0 Å². The zero-order valence-electron chi connectivity index (χ0n) is 34.8. The van der Waals surface area contributed by atoms with Gasteiger partial charge in [0.25, 0.3) is 0 Å². The zero-order chi connectivity index (χ0) is 35.7. The minimum absolute atomic E-state index is 0.646. The molecule has 1 aromatic carbocycles. The van der Waals surface area contributed by atoms with Crippen molar-refractivity contribution in [2.75, 3.05) is 34.3 Å². The van der Waals surface area contributed by atoms with Crippen molar-refractivity contribution in [3.63, 3.8) is 0 Å². The molecule has 9 heterocycles. The van der Waals surface area contributed by atoms with E-state index < -0.39 is 0 Å². The second-order valence-corrected chi connectivity index (χ2v) is 22.2. The van der Waals surface area contributed by atoms with Gasteiger partial charge in [0.2, 0.25) is 0 Å². The van der Waals surface area contributed by atoms with E-state index >= 15 is 0 Å². The molecular formula is C45H72B3N3. The second-order valence-electron chi connectivity index (χ2n) is 22.2. The molecule has 6 saturated heterocycles. The summed E-state index contributed by atoms with van der Waals surface area (Å²) in [5, 5.41) is 0. The molecule has 0 saturated carbocycles. The largest absolute Gasteiger partial charge is 0.368 e. The third kappa shape index (κ3) is 4.46. The maximum absolute atomic E-state index is 3.13. The van der Waals surface area contributed by atoms with Gasteiger partial charge >= 0.3 is 0 Å². The first-order valence-electron chi connectivity index (χ1n) is 22.8. The Kier molecular flexibility index (Phi) is 7.85. The van der Waals surface area contributed by atoms with E-state index in [2.05, 4.69) is 97.8 Å². The van der Waals surface area contributed by atoms with E-state index in [9.17, 15) is 0 Å². The van der Waals surface area contributed by atoms with Crippen molar-refractivity contribution in [1.29, 1.82) is 0 Å². The summed E-state index contributed by atoms with van der Waals surface area (Å²) >= 11 is 0. The average molecular weight is 688 g/mol. The van der Waals surface area contributed by atoms with E-state index in [4.69, 9.17) is 0 Å². The van der Waals surface area contributed by atoms with Crippen LogP contribution in [0.4, 0.5) is 17.1 Å². The summed E-state index contributed by atoms with van der Waals surface area (Å²) in [4.78, 5) is 9.38. The zero-order valence-corrected chi connectivity index (χ0v) is 34.8. The minimum Gasteiger partial charge on any atom is -0.368 e. The van der Waals surface area contributed by atoms with Crippen LogP contribution in [0.25, 0.3) is 0 Å².